The highest BCUT2D eigenvalue weighted by molar-refractivity contribution is 6.02. The predicted octanol–water partition coefficient (Wildman–Crippen LogP) is 5.96. The normalized spacial score (nSPS) is 20.2. The number of hydrogen-bond acceptors (Lipinski definition) is 6. The summed E-state index contributed by atoms with van der Waals surface area (Å²) in [6, 6.07) is 18.7. The lowest BCUT2D eigenvalue weighted by Crippen LogP contribution is -2.49. The summed E-state index contributed by atoms with van der Waals surface area (Å²) in [4.78, 5) is 41.2. The molecule has 2 amide bonds. The van der Waals surface area contributed by atoms with Crippen LogP contribution < -0.4 is 0 Å². The molecule has 2 aliphatic rings. The first-order chi connectivity index (χ1) is 20.1. The lowest BCUT2D eigenvalue weighted by Gasteiger charge is -2.31. The van der Waals surface area contributed by atoms with Gasteiger partial charge in [-0.25, -0.2) is 9.69 Å². The molecule has 0 aromatic heterocycles. The predicted molar refractivity (Wildman–Crippen MR) is 157 cm³/mol. The standard InChI is InChI=1S/C34H41NO6/c36-22-14-6-4-2-1-3-5-13-19-29-20-21-31(37)32(41-29)30(24-27-17-11-8-12-18-27)33(38)35-28(25-40-34(35)39)23-26-15-9-7-10-16-26/h7-12,15-21,28,30,32,36H,1-6,13-14,22-25H2/t28-,30-,32-/m1/s1. The molecule has 4 rings (SSSR count). The molecule has 0 spiro atoms. The van der Waals surface area contributed by atoms with Gasteiger partial charge in [0.15, 0.2) is 11.9 Å². The number of allylic oxidation sites excluding steroid dienone is 2. The summed E-state index contributed by atoms with van der Waals surface area (Å²) in [5.74, 6) is -1.05. The van der Waals surface area contributed by atoms with E-state index in [9.17, 15) is 14.4 Å². The average molecular weight is 560 g/mol. The van der Waals surface area contributed by atoms with Gasteiger partial charge in [0.1, 0.15) is 12.4 Å². The maximum Gasteiger partial charge on any atom is 0.416 e. The van der Waals surface area contributed by atoms with E-state index in [-0.39, 0.29) is 25.4 Å². The van der Waals surface area contributed by atoms with Crippen molar-refractivity contribution in [3.8, 4) is 0 Å². The number of unbranched alkanes of at least 4 members (excludes halogenated alkanes) is 7. The topological polar surface area (TPSA) is 93.1 Å². The molecule has 1 saturated heterocycles. The first-order valence-corrected chi connectivity index (χ1v) is 14.8. The molecular formula is C34H41NO6. The van der Waals surface area contributed by atoms with Crippen molar-refractivity contribution in [2.75, 3.05) is 13.2 Å². The Morgan fingerprint density at radius 3 is 2.20 bits per heavy atom. The number of ether oxygens (including phenoxy) is 2. The molecule has 1 fully saturated rings. The molecule has 2 aromatic rings. The Morgan fingerprint density at radius 1 is 0.878 bits per heavy atom. The third kappa shape index (κ3) is 8.89. The fourth-order valence-corrected chi connectivity index (χ4v) is 5.42. The van der Waals surface area contributed by atoms with Crippen molar-refractivity contribution in [2.24, 2.45) is 5.92 Å². The molecular weight excluding hydrogens is 518 g/mol. The molecule has 2 heterocycles. The van der Waals surface area contributed by atoms with Gasteiger partial charge in [-0.3, -0.25) is 9.59 Å². The van der Waals surface area contributed by atoms with Gasteiger partial charge in [-0.05, 0) is 61.5 Å². The molecule has 2 aliphatic heterocycles. The van der Waals surface area contributed by atoms with Gasteiger partial charge in [-0.15, -0.1) is 0 Å². The summed E-state index contributed by atoms with van der Waals surface area (Å²) in [7, 11) is 0. The second-order valence-corrected chi connectivity index (χ2v) is 10.8. The molecule has 218 valence electrons. The molecule has 2 aromatic carbocycles. The van der Waals surface area contributed by atoms with Gasteiger partial charge >= 0.3 is 6.09 Å². The Morgan fingerprint density at radius 2 is 1.51 bits per heavy atom. The van der Waals surface area contributed by atoms with E-state index in [0.717, 1.165) is 62.5 Å². The van der Waals surface area contributed by atoms with Crippen molar-refractivity contribution < 1.29 is 29.0 Å². The average Bonchev–Trinajstić information content (AvgIpc) is 3.36. The number of benzene rings is 2. The summed E-state index contributed by atoms with van der Waals surface area (Å²) in [5.41, 5.74) is 1.88. The number of imide groups is 1. The van der Waals surface area contributed by atoms with Crippen LogP contribution in [0.1, 0.15) is 62.5 Å². The van der Waals surface area contributed by atoms with E-state index in [0.29, 0.717) is 12.2 Å². The zero-order chi connectivity index (χ0) is 28.9. The van der Waals surface area contributed by atoms with Crippen LogP contribution in [-0.4, -0.2) is 53.1 Å². The van der Waals surface area contributed by atoms with E-state index in [1.807, 2.05) is 66.7 Å². The van der Waals surface area contributed by atoms with Crippen molar-refractivity contribution >= 4 is 17.8 Å². The lowest BCUT2D eigenvalue weighted by atomic mass is 9.88. The van der Waals surface area contributed by atoms with Crippen LogP contribution in [0.2, 0.25) is 0 Å². The summed E-state index contributed by atoms with van der Waals surface area (Å²) < 4.78 is 11.5. The van der Waals surface area contributed by atoms with E-state index in [1.54, 1.807) is 6.08 Å². The number of carbonyl (C=O) groups excluding carboxylic acids is 3. The fourth-order valence-electron chi connectivity index (χ4n) is 5.42. The number of amides is 2. The van der Waals surface area contributed by atoms with Crippen LogP contribution in [0.25, 0.3) is 0 Å². The number of carbonyl (C=O) groups is 3. The Hall–Kier alpha value is -3.71. The summed E-state index contributed by atoms with van der Waals surface area (Å²) in [6.45, 7) is 0.377. The number of cyclic esters (lactones) is 1. The zero-order valence-electron chi connectivity index (χ0n) is 23.7. The van der Waals surface area contributed by atoms with Gasteiger partial charge in [-0.1, -0.05) is 92.8 Å². The minimum atomic E-state index is -1.03. The molecule has 7 heteroatoms. The molecule has 0 saturated carbocycles. The van der Waals surface area contributed by atoms with Crippen LogP contribution in [-0.2, 0) is 31.9 Å². The largest absolute Gasteiger partial charge is 0.482 e. The third-order valence-corrected chi connectivity index (χ3v) is 7.66. The number of aliphatic hydroxyl groups excluding tert-OH is 1. The number of rotatable bonds is 15. The van der Waals surface area contributed by atoms with Crippen LogP contribution in [0.4, 0.5) is 4.79 Å². The number of nitrogens with zero attached hydrogens (tertiary/aromatic N) is 1. The van der Waals surface area contributed by atoms with Crippen molar-refractivity contribution in [1.29, 1.82) is 0 Å². The van der Waals surface area contributed by atoms with Crippen LogP contribution in [0, 0.1) is 5.92 Å². The van der Waals surface area contributed by atoms with E-state index < -0.39 is 30.1 Å². The van der Waals surface area contributed by atoms with Crippen molar-refractivity contribution in [2.45, 2.75) is 76.4 Å². The summed E-state index contributed by atoms with van der Waals surface area (Å²) >= 11 is 0. The van der Waals surface area contributed by atoms with Gasteiger partial charge in [0, 0.05) is 6.61 Å². The monoisotopic (exact) mass is 559 g/mol. The van der Waals surface area contributed by atoms with Gasteiger partial charge in [0.25, 0.3) is 0 Å². The first kappa shape index (κ1) is 30.3. The molecule has 7 nitrogen and oxygen atoms in total. The highest BCUT2D eigenvalue weighted by Gasteiger charge is 2.45. The van der Waals surface area contributed by atoms with Gasteiger partial charge in [-0.2, -0.15) is 0 Å². The summed E-state index contributed by atoms with van der Waals surface area (Å²) in [6.07, 6.45) is 12.5. The van der Waals surface area contributed by atoms with Gasteiger partial charge in [0.05, 0.1) is 12.0 Å². The Bertz CT molecular complexity index is 1190. The Labute approximate surface area is 242 Å². The molecule has 0 radical (unpaired) electrons. The van der Waals surface area contributed by atoms with E-state index in [2.05, 4.69) is 0 Å². The van der Waals surface area contributed by atoms with E-state index in [1.165, 1.54) is 11.0 Å². The lowest BCUT2D eigenvalue weighted by molar-refractivity contribution is -0.143. The molecule has 0 unspecified atom stereocenters. The SMILES string of the molecule is O=C1C=CC(=CCCCCCCCCCO)O[C@@H]1[C@@H](Cc1ccccc1)C(=O)N1C(=O)OC[C@H]1Cc1ccccc1. The maximum atomic E-state index is 14.1. The molecule has 1 N–H and O–H groups in total. The minimum absolute atomic E-state index is 0.115. The van der Waals surface area contributed by atoms with Crippen LogP contribution >= 0.6 is 0 Å². The summed E-state index contributed by atoms with van der Waals surface area (Å²) in [5, 5.41) is 8.88. The minimum Gasteiger partial charge on any atom is -0.482 e. The number of aliphatic hydroxyl groups is 1. The van der Waals surface area contributed by atoms with Crippen molar-refractivity contribution in [1.82, 2.24) is 4.90 Å². The van der Waals surface area contributed by atoms with Gasteiger partial charge < -0.3 is 14.6 Å². The fraction of sp³-hybridized carbons (Fsp3) is 0.441. The second kappa shape index (κ2) is 15.9. The first-order valence-electron chi connectivity index (χ1n) is 14.8. The van der Waals surface area contributed by atoms with E-state index >= 15 is 0 Å². The molecule has 41 heavy (non-hydrogen) atoms. The quantitative estimate of drug-likeness (QED) is 0.271. The smallest absolute Gasteiger partial charge is 0.416 e. The highest BCUT2D eigenvalue weighted by atomic mass is 16.6. The van der Waals surface area contributed by atoms with Gasteiger partial charge in [0.2, 0.25) is 5.91 Å². The van der Waals surface area contributed by atoms with Crippen molar-refractivity contribution in [3.63, 3.8) is 0 Å². The second-order valence-electron chi connectivity index (χ2n) is 10.8. The Balaban J connectivity index is 1.45. The number of ketones is 1. The van der Waals surface area contributed by atoms with Crippen LogP contribution in [0.3, 0.4) is 0 Å². The molecule has 0 aliphatic carbocycles. The van der Waals surface area contributed by atoms with Crippen LogP contribution in [0.15, 0.2) is 84.7 Å². The van der Waals surface area contributed by atoms with E-state index in [4.69, 9.17) is 14.6 Å². The Kier molecular flexibility index (Phi) is 11.7. The molecule has 0 bridgehead atoms. The van der Waals surface area contributed by atoms with Crippen LogP contribution in [0.5, 0.6) is 0 Å². The highest BCUT2D eigenvalue weighted by Crippen LogP contribution is 2.28. The van der Waals surface area contributed by atoms with Crippen molar-refractivity contribution in [3.05, 3.63) is 95.8 Å². The zero-order valence-corrected chi connectivity index (χ0v) is 23.7. The number of hydrogen-bond donors (Lipinski definition) is 1. The third-order valence-electron chi connectivity index (χ3n) is 7.66. The molecule has 3 atom stereocenters. The maximum absolute atomic E-state index is 14.1.